The molecule has 126 valence electrons. The molecule has 0 amide bonds. The maximum Gasteiger partial charge on any atom is 0.325 e. The Balaban J connectivity index is 2.69. The highest BCUT2D eigenvalue weighted by molar-refractivity contribution is 7.52. The molecule has 0 aliphatic rings. The highest BCUT2D eigenvalue weighted by atomic mass is 31.2. The van der Waals surface area contributed by atoms with Crippen molar-refractivity contribution in [1.29, 1.82) is 0 Å². The molecule has 0 heterocycles. The quantitative estimate of drug-likeness (QED) is 0.499. The van der Waals surface area contributed by atoms with E-state index in [-0.39, 0.29) is 31.2 Å². The molecule has 0 bridgehead atoms. The summed E-state index contributed by atoms with van der Waals surface area (Å²) in [6.45, 7) is 0.549. The lowest BCUT2D eigenvalue weighted by atomic mass is 10.1. The van der Waals surface area contributed by atoms with E-state index in [2.05, 4.69) is 0 Å². The zero-order valence-corrected chi connectivity index (χ0v) is 14.2. The van der Waals surface area contributed by atoms with E-state index in [1.165, 1.54) is 0 Å². The lowest BCUT2D eigenvalue weighted by Crippen LogP contribution is -2.33. The van der Waals surface area contributed by atoms with E-state index in [4.69, 9.17) is 19.6 Å². The first kappa shape index (κ1) is 19.5. The van der Waals surface area contributed by atoms with Crippen molar-refractivity contribution in [2.45, 2.75) is 25.4 Å². The molecule has 7 nitrogen and oxygen atoms in total. The van der Waals surface area contributed by atoms with Crippen LogP contribution in [0.5, 0.6) is 0 Å². The molecule has 4 N–H and O–H groups in total. The van der Waals surface area contributed by atoms with Gasteiger partial charge in [-0.2, -0.15) is 0 Å². The van der Waals surface area contributed by atoms with Crippen molar-refractivity contribution in [3.8, 4) is 0 Å². The van der Waals surface area contributed by atoms with Crippen LogP contribution in [-0.4, -0.2) is 49.9 Å². The van der Waals surface area contributed by atoms with Gasteiger partial charge in [-0.05, 0) is 25.5 Å². The normalized spacial score (nSPS) is 13.0. The predicted molar refractivity (Wildman–Crippen MR) is 84.8 cm³/mol. The Bertz CT molecular complexity index is 515. The zero-order valence-electron chi connectivity index (χ0n) is 12.4. The molecule has 0 atom stereocenters. The van der Waals surface area contributed by atoms with Gasteiger partial charge in [0.05, 0.1) is 12.3 Å². The fourth-order valence-electron chi connectivity index (χ4n) is 2.22. The Hall–Kier alpha value is -0.520. The molecule has 9 heteroatoms. The van der Waals surface area contributed by atoms with Crippen molar-refractivity contribution in [2.24, 2.45) is 0 Å². The summed E-state index contributed by atoms with van der Waals surface area (Å²) in [4.78, 5) is 37.9. The molecular formula is C13H23NO6P2. The van der Waals surface area contributed by atoms with Gasteiger partial charge in [-0.3, -0.25) is 14.0 Å². The lowest BCUT2D eigenvalue weighted by Gasteiger charge is -2.28. The van der Waals surface area contributed by atoms with Gasteiger partial charge in [-0.25, -0.2) is 0 Å². The minimum Gasteiger partial charge on any atom is -0.324 e. The molecule has 1 aromatic carbocycles. The Morgan fingerprint density at radius 2 is 1.41 bits per heavy atom. The highest BCUT2D eigenvalue weighted by Gasteiger charge is 2.24. The van der Waals surface area contributed by atoms with Crippen LogP contribution < -0.4 is 0 Å². The second-order valence-electron chi connectivity index (χ2n) is 5.41. The summed E-state index contributed by atoms with van der Waals surface area (Å²) in [7, 11) is -6.46. The van der Waals surface area contributed by atoms with Gasteiger partial charge in [0.15, 0.2) is 0 Å². The summed E-state index contributed by atoms with van der Waals surface area (Å²) in [6, 6.07) is 9.23. The van der Waals surface area contributed by atoms with Crippen molar-refractivity contribution in [3.05, 3.63) is 35.9 Å². The largest absolute Gasteiger partial charge is 0.325 e. The van der Waals surface area contributed by atoms with Gasteiger partial charge < -0.3 is 19.6 Å². The smallest absolute Gasteiger partial charge is 0.324 e. The third-order valence-corrected chi connectivity index (χ3v) is 5.09. The first-order valence-electron chi connectivity index (χ1n) is 6.90. The summed E-state index contributed by atoms with van der Waals surface area (Å²) in [6.07, 6.45) is -0.211. The van der Waals surface area contributed by atoms with E-state index in [0.717, 1.165) is 5.56 Å². The van der Waals surface area contributed by atoms with Crippen LogP contribution in [-0.2, 0) is 15.7 Å². The average molecular weight is 351 g/mol. The lowest BCUT2D eigenvalue weighted by molar-refractivity contribution is 0.217. The molecule has 0 unspecified atom stereocenters. The van der Waals surface area contributed by atoms with Crippen molar-refractivity contribution >= 4 is 15.2 Å². The standard InChI is InChI=1S/C13H23NO6P2/c1-14(11-12-5-3-2-4-6-12)13(7-9-21(15,16)17)8-10-22(18,19)20/h2-6,13H,7-11H2,1H3,(H2,15,16,17)(H2,18,19,20). The molecule has 0 aliphatic carbocycles. The first-order chi connectivity index (χ1) is 10.1. The molecular weight excluding hydrogens is 328 g/mol. The summed E-state index contributed by atoms with van der Waals surface area (Å²) >= 11 is 0. The Morgan fingerprint density at radius 1 is 0.955 bits per heavy atom. The topological polar surface area (TPSA) is 118 Å². The summed E-state index contributed by atoms with van der Waals surface area (Å²) in [5, 5.41) is 0. The summed E-state index contributed by atoms with van der Waals surface area (Å²) in [5.74, 6) is 0. The molecule has 0 aromatic heterocycles. The van der Waals surface area contributed by atoms with Crippen LogP contribution in [0.1, 0.15) is 18.4 Å². The van der Waals surface area contributed by atoms with E-state index in [0.29, 0.717) is 6.54 Å². The van der Waals surface area contributed by atoms with E-state index < -0.39 is 15.2 Å². The zero-order chi connectivity index (χ0) is 16.8. The number of hydrogen-bond acceptors (Lipinski definition) is 3. The number of nitrogens with zero attached hydrogens (tertiary/aromatic N) is 1. The van der Waals surface area contributed by atoms with Gasteiger partial charge in [0.2, 0.25) is 0 Å². The van der Waals surface area contributed by atoms with Crippen LogP contribution in [0.2, 0.25) is 0 Å². The molecule has 0 fully saturated rings. The average Bonchev–Trinajstić information content (AvgIpc) is 2.37. The Kier molecular flexibility index (Phi) is 7.42. The van der Waals surface area contributed by atoms with E-state index in [1.807, 2.05) is 35.2 Å². The van der Waals surface area contributed by atoms with Crippen LogP contribution in [0.4, 0.5) is 0 Å². The predicted octanol–water partition coefficient (Wildman–Crippen LogP) is 1.62. The van der Waals surface area contributed by atoms with Gasteiger partial charge in [0.1, 0.15) is 0 Å². The van der Waals surface area contributed by atoms with Crippen molar-refractivity contribution in [2.75, 3.05) is 19.4 Å². The fourth-order valence-corrected chi connectivity index (χ4v) is 3.49. The van der Waals surface area contributed by atoms with Crippen LogP contribution in [0.3, 0.4) is 0 Å². The van der Waals surface area contributed by atoms with Crippen LogP contribution >= 0.6 is 15.2 Å². The molecule has 22 heavy (non-hydrogen) atoms. The molecule has 1 rings (SSSR count). The number of hydrogen-bond donors (Lipinski definition) is 4. The molecule has 1 aromatic rings. The molecule has 0 radical (unpaired) electrons. The van der Waals surface area contributed by atoms with Crippen molar-refractivity contribution in [3.63, 3.8) is 0 Å². The van der Waals surface area contributed by atoms with E-state index in [1.54, 1.807) is 7.05 Å². The Morgan fingerprint density at radius 3 is 1.82 bits per heavy atom. The summed E-state index contributed by atoms with van der Waals surface area (Å²) in [5.41, 5.74) is 1.03. The second-order valence-corrected chi connectivity index (χ2v) is 8.96. The second kappa shape index (κ2) is 8.37. The minimum atomic E-state index is -4.13. The Labute approximate surface area is 130 Å². The number of benzene rings is 1. The van der Waals surface area contributed by atoms with Gasteiger partial charge in [-0.15, -0.1) is 0 Å². The van der Waals surface area contributed by atoms with Gasteiger partial charge >= 0.3 is 15.2 Å². The van der Waals surface area contributed by atoms with Crippen LogP contribution in [0.15, 0.2) is 30.3 Å². The van der Waals surface area contributed by atoms with Gasteiger partial charge in [0, 0.05) is 12.6 Å². The highest BCUT2D eigenvalue weighted by Crippen LogP contribution is 2.39. The SMILES string of the molecule is CN(Cc1ccccc1)C(CCP(=O)(O)O)CCP(=O)(O)O. The monoisotopic (exact) mass is 351 g/mol. The van der Waals surface area contributed by atoms with Crippen molar-refractivity contribution in [1.82, 2.24) is 4.90 Å². The minimum absolute atomic E-state index is 0.188. The fraction of sp³-hybridized carbons (Fsp3) is 0.538. The number of rotatable bonds is 9. The van der Waals surface area contributed by atoms with Crippen LogP contribution in [0.25, 0.3) is 0 Å². The maximum absolute atomic E-state index is 11.0. The van der Waals surface area contributed by atoms with Gasteiger partial charge in [0.25, 0.3) is 0 Å². The molecule has 0 saturated carbocycles. The molecule has 0 saturated heterocycles. The third kappa shape index (κ3) is 8.81. The van der Waals surface area contributed by atoms with Crippen molar-refractivity contribution < 1.29 is 28.7 Å². The van der Waals surface area contributed by atoms with Crippen LogP contribution in [0, 0.1) is 0 Å². The molecule has 0 aliphatic heterocycles. The molecule has 0 spiro atoms. The van der Waals surface area contributed by atoms with E-state index in [9.17, 15) is 9.13 Å². The maximum atomic E-state index is 11.0. The first-order valence-corrected chi connectivity index (χ1v) is 10.5. The third-order valence-electron chi connectivity index (χ3n) is 3.41. The summed E-state index contributed by atoms with van der Waals surface area (Å²) < 4.78 is 22.1. The van der Waals surface area contributed by atoms with Gasteiger partial charge in [-0.1, -0.05) is 30.3 Å². The van der Waals surface area contributed by atoms with E-state index >= 15 is 0 Å².